The smallest absolute Gasteiger partial charge is 0.261 e. The van der Waals surface area contributed by atoms with Crippen molar-refractivity contribution in [1.29, 1.82) is 10.7 Å². The molecule has 4 rings (SSSR count). The fourth-order valence-corrected chi connectivity index (χ4v) is 3.80. The Balaban J connectivity index is 1.66. The van der Waals surface area contributed by atoms with Crippen LogP contribution in [0.25, 0.3) is 0 Å². The second-order valence-electron chi connectivity index (χ2n) is 8.09. The molecule has 3 N–H and O–H groups in total. The molecule has 0 unspecified atom stereocenters. The number of ether oxygens (including phenoxy) is 2. The molecule has 31 heavy (non-hydrogen) atoms. The van der Waals surface area contributed by atoms with E-state index in [1.54, 1.807) is 0 Å². The summed E-state index contributed by atoms with van der Waals surface area (Å²) in [5, 5.41) is 22.4. The van der Waals surface area contributed by atoms with Crippen LogP contribution >= 0.6 is 0 Å². The maximum atomic E-state index is 13.1. The molecule has 0 aromatic heterocycles. The van der Waals surface area contributed by atoms with Gasteiger partial charge in [-0.2, -0.15) is 5.26 Å². The molecule has 0 aliphatic carbocycles. The molecule has 3 heterocycles. The predicted octanol–water partition coefficient (Wildman–Crippen LogP) is 2.12. The number of fused-ring (bicyclic) bond motifs is 1. The number of carbonyl (C=O) groups excluding carboxylic acids is 1. The first-order valence-corrected chi connectivity index (χ1v) is 10.1. The lowest BCUT2D eigenvalue weighted by Crippen LogP contribution is -2.37. The van der Waals surface area contributed by atoms with E-state index < -0.39 is 5.91 Å². The van der Waals surface area contributed by atoms with Crippen molar-refractivity contribution in [3.05, 3.63) is 40.9 Å². The molecule has 0 atom stereocenters. The van der Waals surface area contributed by atoms with Crippen molar-refractivity contribution in [2.24, 2.45) is 4.99 Å². The van der Waals surface area contributed by atoms with Gasteiger partial charge in [0.15, 0.2) is 0 Å². The van der Waals surface area contributed by atoms with Gasteiger partial charge in [0.1, 0.15) is 23.2 Å². The number of nitrogens with one attached hydrogen (secondary N) is 3. The average Bonchev–Trinajstić information content (AvgIpc) is 3.07. The van der Waals surface area contributed by atoms with Gasteiger partial charge in [0.05, 0.1) is 35.7 Å². The van der Waals surface area contributed by atoms with Crippen LogP contribution in [0.2, 0.25) is 0 Å². The molecule has 9 heteroatoms. The maximum Gasteiger partial charge on any atom is 0.261 e. The van der Waals surface area contributed by atoms with E-state index in [1.165, 1.54) is 12.4 Å². The molecule has 3 aliphatic heterocycles. The van der Waals surface area contributed by atoms with Crippen molar-refractivity contribution in [3.63, 3.8) is 0 Å². The zero-order valence-electron chi connectivity index (χ0n) is 17.5. The number of hydrogen-bond donors (Lipinski definition) is 3. The zero-order valence-corrected chi connectivity index (χ0v) is 17.5. The van der Waals surface area contributed by atoms with Crippen molar-refractivity contribution < 1.29 is 14.3 Å². The lowest BCUT2D eigenvalue weighted by molar-refractivity contribution is -0.112. The number of amides is 1. The fourth-order valence-electron chi connectivity index (χ4n) is 3.80. The Hall–Kier alpha value is -3.64. The summed E-state index contributed by atoms with van der Waals surface area (Å²) in [6, 6.07) is 5.89. The van der Waals surface area contributed by atoms with Crippen LogP contribution in [-0.4, -0.2) is 50.2 Å². The summed E-state index contributed by atoms with van der Waals surface area (Å²) in [7, 11) is 0. The first-order valence-electron chi connectivity index (χ1n) is 10.1. The first kappa shape index (κ1) is 20.6. The van der Waals surface area contributed by atoms with E-state index in [1.807, 2.05) is 32.0 Å². The van der Waals surface area contributed by atoms with E-state index in [0.717, 1.165) is 29.6 Å². The fraction of sp³-hybridized carbons (Fsp3) is 0.364. The third-order valence-electron chi connectivity index (χ3n) is 5.25. The summed E-state index contributed by atoms with van der Waals surface area (Å²) >= 11 is 0. The summed E-state index contributed by atoms with van der Waals surface area (Å²) in [6.45, 7) is 6.70. The predicted molar refractivity (Wildman–Crippen MR) is 118 cm³/mol. The number of rotatable bonds is 4. The van der Waals surface area contributed by atoms with Crippen molar-refractivity contribution >= 4 is 29.7 Å². The molecule has 1 aromatic carbocycles. The highest BCUT2D eigenvalue weighted by atomic mass is 16.5. The number of carbonyl (C=O) groups is 1. The van der Waals surface area contributed by atoms with E-state index >= 15 is 0 Å². The topological polar surface area (TPSA) is 123 Å². The molecule has 160 valence electrons. The number of anilines is 2. The van der Waals surface area contributed by atoms with Crippen LogP contribution in [0.1, 0.15) is 19.4 Å². The first-order chi connectivity index (χ1) is 14.9. The largest absolute Gasteiger partial charge is 0.487 e. The number of morpholine rings is 1. The summed E-state index contributed by atoms with van der Waals surface area (Å²) in [4.78, 5) is 19.3. The molecule has 3 aliphatic rings. The van der Waals surface area contributed by atoms with Gasteiger partial charge in [-0.15, -0.1) is 0 Å². The van der Waals surface area contributed by atoms with E-state index in [2.05, 4.69) is 20.5 Å². The Bertz CT molecular complexity index is 1060. The Labute approximate surface area is 180 Å². The van der Waals surface area contributed by atoms with Crippen LogP contribution in [0.15, 0.2) is 40.3 Å². The van der Waals surface area contributed by atoms with Gasteiger partial charge in [-0.25, -0.2) is 4.99 Å². The standard InChI is InChI=1S/C22H24N6O3/c1-22(2)9-15-7-17(18(8-19(15)31-22)28-3-5-30-6-4-28)27-21(29)16(11-24)20-25-12-14(10-23)13-26-20/h7-8,11-13,24-25H,3-6,9H2,1-2H3,(H,27,29)/b20-16-,24-11?. The number of aliphatic imine (C=N–C) groups is 1. The monoisotopic (exact) mass is 420 g/mol. The van der Waals surface area contributed by atoms with Gasteiger partial charge < -0.3 is 30.4 Å². The van der Waals surface area contributed by atoms with Crippen LogP contribution in [-0.2, 0) is 16.0 Å². The molecular formula is C22H24N6O3. The van der Waals surface area contributed by atoms with Gasteiger partial charge in [-0.3, -0.25) is 4.79 Å². The summed E-state index contributed by atoms with van der Waals surface area (Å²) < 4.78 is 11.6. The second-order valence-corrected chi connectivity index (χ2v) is 8.09. The van der Waals surface area contributed by atoms with Crippen LogP contribution in [0.3, 0.4) is 0 Å². The molecule has 1 saturated heterocycles. The molecule has 1 fully saturated rings. The Morgan fingerprint density at radius 1 is 1.39 bits per heavy atom. The highest BCUT2D eigenvalue weighted by Gasteiger charge is 2.32. The van der Waals surface area contributed by atoms with Crippen LogP contribution in [0.4, 0.5) is 11.4 Å². The second kappa shape index (κ2) is 8.24. The van der Waals surface area contributed by atoms with E-state index in [0.29, 0.717) is 37.6 Å². The summed E-state index contributed by atoms with van der Waals surface area (Å²) in [5.74, 6) is 0.573. The highest BCUT2D eigenvalue weighted by molar-refractivity contribution is 6.18. The lowest BCUT2D eigenvalue weighted by atomic mass is 10.0. The molecule has 1 amide bonds. The molecule has 0 spiro atoms. The SMILES string of the molecule is CC1(C)Cc2cc(NC(=O)/C(C=N)=C3\N=CC(C#N)=CN3)c(N3CCOCC3)cc2O1. The Morgan fingerprint density at radius 2 is 2.16 bits per heavy atom. The van der Waals surface area contributed by atoms with Crippen molar-refractivity contribution in [3.8, 4) is 11.8 Å². The van der Waals surface area contributed by atoms with E-state index in [4.69, 9.17) is 20.1 Å². The van der Waals surface area contributed by atoms with Crippen LogP contribution in [0.5, 0.6) is 5.75 Å². The molecule has 1 aromatic rings. The zero-order chi connectivity index (χ0) is 22.0. The normalized spacial score (nSPS) is 20.5. The van der Waals surface area contributed by atoms with Crippen molar-refractivity contribution in [1.82, 2.24) is 5.32 Å². The number of allylic oxidation sites excluding steroid dienone is 1. The van der Waals surface area contributed by atoms with E-state index in [9.17, 15) is 4.79 Å². The molecule has 9 nitrogen and oxygen atoms in total. The average molecular weight is 420 g/mol. The van der Waals surface area contributed by atoms with Gasteiger partial charge in [0.25, 0.3) is 5.91 Å². The minimum atomic E-state index is -0.462. The third-order valence-corrected chi connectivity index (χ3v) is 5.25. The van der Waals surface area contributed by atoms with Crippen LogP contribution in [0, 0.1) is 16.7 Å². The van der Waals surface area contributed by atoms with E-state index in [-0.39, 0.29) is 17.0 Å². The maximum absolute atomic E-state index is 13.1. The quantitative estimate of drug-likeness (QED) is 0.506. The summed E-state index contributed by atoms with van der Waals surface area (Å²) in [6.07, 6.45) is 4.50. The van der Waals surface area contributed by atoms with Crippen molar-refractivity contribution in [2.45, 2.75) is 25.9 Å². The molecular weight excluding hydrogens is 396 g/mol. The molecule has 0 radical (unpaired) electrons. The van der Waals surface area contributed by atoms with Crippen LogP contribution < -0.4 is 20.3 Å². The number of nitriles is 1. The minimum absolute atomic E-state index is 0.0643. The minimum Gasteiger partial charge on any atom is -0.487 e. The Kier molecular flexibility index (Phi) is 5.48. The highest BCUT2D eigenvalue weighted by Crippen LogP contribution is 2.42. The molecule has 0 saturated carbocycles. The third kappa shape index (κ3) is 4.29. The van der Waals surface area contributed by atoms with Gasteiger partial charge in [0.2, 0.25) is 0 Å². The Morgan fingerprint density at radius 3 is 2.81 bits per heavy atom. The van der Waals surface area contributed by atoms with Gasteiger partial charge >= 0.3 is 0 Å². The van der Waals surface area contributed by atoms with Gasteiger partial charge in [0, 0.05) is 49.8 Å². The summed E-state index contributed by atoms with van der Waals surface area (Å²) in [5.41, 5.74) is 2.63. The number of benzene rings is 1. The lowest BCUT2D eigenvalue weighted by Gasteiger charge is -2.31. The number of hydrogen-bond acceptors (Lipinski definition) is 8. The van der Waals surface area contributed by atoms with Gasteiger partial charge in [-0.05, 0) is 19.9 Å². The van der Waals surface area contributed by atoms with Gasteiger partial charge in [-0.1, -0.05) is 0 Å². The number of nitrogens with zero attached hydrogens (tertiary/aromatic N) is 3. The molecule has 0 bridgehead atoms. The van der Waals surface area contributed by atoms with Crippen molar-refractivity contribution in [2.75, 3.05) is 36.5 Å².